The highest BCUT2D eigenvalue weighted by atomic mass is 32.2. The zero-order chi connectivity index (χ0) is 29.1. The minimum absolute atomic E-state index is 0.233. The lowest BCUT2D eigenvalue weighted by Crippen LogP contribution is -2.25. The molecule has 3 aromatic carbocycles. The lowest BCUT2D eigenvalue weighted by Gasteiger charge is -2.09. The number of carbonyl (C=O) groups excluding carboxylic acids is 3. The Morgan fingerprint density at radius 3 is 2.48 bits per heavy atom. The van der Waals surface area contributed by atoms with E-state index in [2.05, 4.69) is 15.6 Å². The van der Waals surface area contributed by atoms with Crippen molar-refractivity contribution in [1.82, 2.24) is 19.9 Å². The van der Waals surface area contributed by atoms with Crippen LogP contribution in [0.2, 0.25) is 0 Å². The fraction of sp³-hybridized carbons (Fsp3) is 0.129. The first kappa shape index (κ1) is 27.0. The van der Waals surface area contributed by atoms with Crippen LogP contribution in [0.1, 0.15) is 21.7 Å². The third kappa shape index (κ3) is 6.11. The summed E-state index contributed by atoms with van der Waals surface area (Å²) in [6.07, 6.45) is 3.61. The molecule has 1 aliphatic heterocycles. The summed E-state index contributed by atoms with van der Waals surface area (Å²) in [5.74, 6) is 2.22. The van der Waals surface area contributed by atoms with Crippen LogP contribution in [0.4, 0.5) is 10.5 Å². The van der Waals surface area contributed by atoms with E-state index < -0.39 is 5.25 Å². The Morgan fingerprint density at radius 1 is 1.00 bits per heavy atom. The van der Waals surface area contributed by atoms with Gasteiger partial charge in [-0.25, -0.2) is 4.98 Å². The number of pyridine rings is 1. The van der Waals surface area contributed by atoms with E-state index in [9.17, 15) is 14.4 Å². The number of amides is 3. The number of thioether (sulfide) groups is 1. The Kier molecular flexibility index (Phi) is 7.56. The highest BCUT2D eigenvalue weighted by molar-refractivity contribution is 8.15. The van der Waals surface area contributed by atoms with Crippen LogP contribution >= 0.6 is 11.8 Å². The monoisotopic (exact) mass is 579 g/mol. The van der Waals surface area contributed by atoms with Gasteiger partial charge in [-0.1, -0.05) is 23.9 Å². The van der Waals surface area contributed by atoms with Crippen molar-refractivity contribution in [3.05, 3.63) is 108 Å². The molecular weight excluding hydrogens is 554 g/mol. The molecule has 1 atom stereocenters. The van der Waals surface area contributed by atoms with Crippen molar-refractivity contribution in [3.63, 3.8) is 0 Å². The van der Waals surface area contributed by atoms with Crippen molar-refractivity contribution in [2.75, 3.05) is 5.32 Å². The van der Waals surface area contributed by atoms with E-state index in [0.29, 0.717) is 34.9 Å². The maximum atomic E-state index is 12.3. The summed E-state index contributed by atoms with van der Waals surface area (Å²) in [6.45, 7) is 0.266. The van der Waals surface area contributed by atoms with Gasteiger partial charge in [-0.05, 0) is 72.6 Å². The van der Waals surface area contributed by atoms with E-state index >= 15 is 0 Å². The summed E-state index contributed by atoms with van der Waals surface area (Å²) in [6, 6.07) is 23.7. The number of imidazole rings is 1. The number of nitrogens with one attached hydrogen (secondary N) is 2. The molecule has 0 aliphatic carbocycles. The van der Waals surface area contributed by atoms with Crippen LogP contribution in [0.15, 0.2) is 91.3 Å². The van der Waals surface area contributed by atoms with Gasteiger partial charge in [0, 0.05) is 31.2 Å². The van der Waals surface area contributed by atoms with Gasteiger partial charge in [0.05, 0.1) is 21.8 Å². The third-order valence-electron chi connectivity index (χ3n) is 6.70. The number of nitrogens with zero attached hydrogens (tertiary/aromatic N) is 3. The molecule has 0 saturated carbocycles. The van der Waals surface area contributed by atoms with Gasteiger partial charge in [0.2, 0.25) is 5.91 Å². The van der Waals surface area contributed by atoms with Gasteiger partial charge in [-0.2, -0.15) is 0 Å². The fourth-order valence-corrected chi connectivity index (χ4v) is 5.33. The van der Waals surface area contributed by atoms with Gasteiger partial charge in [0.1, 0.15) is 29.7 Å². The van der Waals surface area contributed by atoms with Crippen molar-refractivity contribution in [3.8, 4) is 17.2 Å². The summed E-state index contributed by atoms with van der Waals surface area (Å²) in [4.78, 5) is 44.2. The number of fused-ring (bicyclic) bond motifs is 1. The van der Waals surface area contributed by atoms with E-state index in [1.165, 1.54) is 6.20 Å². The molecule has 0 spiro atoms. The highest BCUT2D eigenvalue weighted by Gasteiger charge is 2.31. The van der Waals surface area contributed by atoms with Gasteiger partial charge in [-0.15, -0.1) is 0 Å². The topological polar surface area (TPSA) is 124 Å². The zero-order valence-corrected chi connectivity index (χ0v) is 23.3. The van der Waals surface area contributed by atoms with E-state index in [1.54, 1.807) is 42.6 Å². The van der Waals surface area contributed by atoms with Crippen molar-refractivity contribution >= 4 is 45.5 Å². The largest absolute Gasteiger partial charge is 0.486 e. The molecule has 1 aliphatic rings. The number of imide groups is 1. The van der Waals surface area contributed by atoms with Gasteiger partial charge in [-0.3, -0.25) is 24.7 Å². The SMILES string of the molecule is Cn1c(COc2ccc(CC3SC(=O)NC3=O)cc2)nc2ccc(Oc3ccc(NC(=O)c4cccnc4)cc3)cc21. The van der Waals surface area contributed by atoms with Crippen molar-refractivity contribution in [2.45, 2.75) is 18.3 Å². The Bertz CT molecular complexity index is 1770. The smallest absolute Gasteiger partial charge is 0.286 e. The fourth-order valence-electron chi connectivity index (χ4n) is 4.47. The first-order chi connectivity index (χ1) is 20.4. The van der Waals surface area contributed by atoms with Crippen molar-refractivity contribution in [1.29, 1.82) is 0 Å². The molecule has 10 nitrogen and oxygen atoms in total. The molecule has 6 rings (SSSR count). The molecule has 1 fully saturated rings. The van der Waals surface area contributed by atoms with Gasteiger partial charge in [0.15, 0.2) is 0 Å². The van der Waals surface area contributed by atoms with Crippen LogP contribution < -0.4 is 20.1 Å². The summed E-state index contributed by atoms with van der Waals surface area (Å²) >= 11 is 1.02. The predicted octanol–water partition coefficient (Wildman–Crippen LogP) is 5.49. The van der Waals surface area contributed by atoms with E-state index in [4.69, 9.17) is 14.5 Å². The Morgan fingerprint density at radius 2 is 1.76 bits per heavy atom. The number of ether oxygens (including phenoxy) is 2. The second kappa shape index (κ2) is 11.8. The molecule has 3 heterocycles. The standard InChI is InChI=1S/C31H25N5O5S/c1-36-26-16-24(41-23-10-6-21(7-11-23)33-29(37)20-3-2-14-32-17-20)12-13-25(26)34-28(36)18-40-22-8-4-19(5-9-22)15-27-30(38)35-31(39)42-27/h2-14,16-17,27H,15,18H2,1H3,(H,33,37)(H,35,38,39). The van der Waals surface area contributed by atoms with E-state index in [1.807, 2.05) is 54.1 Å². The average Bonchev–Trinajstić information content (AvgIpc) is 3.50. The van der Waals surface area contributed by atoms with Crippen LogP contribution in [0.3, 0.4) is 0 Å². The Labute approximate surface area is 245 Å². The minimum Gasteiger partial charge on any atom is -0.486 e. The maximum Gasteiger partial charge on any atom is 0.286 e. The number of aromatic nitrogens is 3. The first-order valence-electron chi connectivity index (χ1n) is 13.1. The number of hydrogen-bond acceptors (Lipinski definition) is 8. The number of hydrogen-bond donors (Lipinski definition) is 2. The number of carbonyl (C=O) groups is 3. The molecule has 5 aromatic rings. The van der Waals surface area contributed by atoms with Crippen molar-refractivity contribution in [2.24, 2.45) is 7.05 Å². The molecule has 1 saturated heterocycles. The molecular formula is C31H25N5O5S. The second-order valence-electron chi connectivity index (χ2n) is 9.58. The van der Waals surface area contributed by atoms with Gasteiger partial charge < -0.3 is 19.4 Å². The van der Waals surface area contributed by atoms with Crippen LogP contribution in [0, 0.1) is 0 Å². The number of rotatable bonds is 9. The van der Waals surface area contributed by atoms with Crippen LogP contribution in [0.5, 0.6) is 17.2 Å². The van der Waals surface area contributed by atoms with Gasteiger partial charge in [0.25, 0.3) is 11.1 Å². The molecule has 1 unspecified atom stereocenters. The molecule has 11 heteroatoms. The maximum absolute atomic E-state index is 12.3. The van der Waals surface area contributed by atoms with Crippen LogP contribution in [-0.4, -0.2) is 36.8 Å². The summed E-state index contributed by atoms with van der Waals surface area (Å²) in [7, 11) is 1.92. The molecule has 0 bridgehead atoms. The number of benzene rings is 3. The van der Waals surface area contributed by atoms with E-state index in [-0.39, 0.29) is 23.7 Å². The van der Waals surface area contributed by atoms with Crippen LogP contribution in [-0.2, 0) is 24.9 Å². The summed E-state index contributed by atoms with van der Waals surface area (Å²) in [5.41, 5.74) is 3.78. The molecule has 2 N–H and O–H groups in total. The Hall–Kier alpha value is -5.16. The normalized spacial score (nSPS) is 14.5. The molecule has 2 aromatic heterocycles. The molecule has 0 radical (unpaired) electrons. The van der Waals surface area contributed by atoms with Crippen LogP contribution in [0.25, 0.3) is 11.0 Å². The molecule has 42 heavy (non-hydrogen) atoms. The predicted molar refractivity (Wildman–Crippen MR) is 159 cm³/mol. The van der Waals surface area contributed by atoms with E-state index in [0.717, 1.165) is 34.2 Å². The number of aryl methyl sites for hydroxylation is 1. The van der Waals surface area contributed by atoms with Crippen molar-refractivity contribution < 1.29 is 23.9 Å². The molecule has 210 valence electrons. The zero-order valence-electron chi connectivity index (χ0n) is 22.4. The Balaban J connectivity index is 1.06. The average molecular weight is 580 g/mol. The number of anilines is 1. The lowest BCUT2D eigenvalue weighted by atomic mass is 10.1. The second-order valence-corrected chi connectivity index (χ2v) is 10.8. The highest BCUT2D eigenvalue weighted by Crippen LogP contribution is 2.28. The lowest BCUT2D eigenvalue weighted by molar-refractivity contribution is -0.118. The summed E-state index contributed by atoms with van der Waals surface area (Å²) < 4.78 is 14.0. The minimum atomic E-state index is -0.400. The van der Waals surface area contributed by atoms with Gasteiger partial charge >= 0.3 is 0 Å². The first-order valence-corrected chi connectivity index (χ1v) is 14.0. The third-order valence-corrected chi connectivity index (χ3v) is 7.68. The summed E-state index contributed by atoms with van der Waals surface area (Å²) in [5, 5.41) is 4.45. The molecule has 3 amide bonds. The quantitative estimate of drug-likeness (QED) is 0.235.